The van der Waals surface area contributed by atoms with Gasteiger partial charge in [0.1, 0.15) is 5.76 Å². The second-order valence-corrected chi connectivity index (χ2v) is 9.49. The highest BCUT2D eigenvalue weighted by molar-refractivity contribution is 5.77. The standard InChI is InChI=1S/C26H31NO5/c1-15(2)21-10-18-11-24(32-14-17-4-7-30-8-5-17)26-19(6-9-31-26)25(18)22-12-23(29)20(16(3)28)13-27(21)22/h11-13,15,17,21,28H,3-10,14H2,1-2H3. The lowest BCUT2D eigenvalue weighted by molar-refractivity contribution is 0.0493. The van der Waals surface area contributed by atoms with Crippen LogP contribution in [-0.2, 0) is 17.6 Å². The number of pyridine rings is 1. The fourth-order valence-electron chi connectivity index (χ4n) is 5.23. The van der Waals surface area contributed by atoms with E-state index in [0.29, 0.717) is 25.0 Å². The average molecular weight is 438 g/mol. The Kier molecular flexibility index (Phi) is 5.49. The maximum Gasteiger partial charge on any atom is 0.193 e. The van der Waals surface area contributed by atoms with E-state index in [4.69, 9.17) is 14.2 Å². The highest BCUT2D eigenvalue weighted by atomic mass is 16.5. The van der Waals surface area contributed by atoms with Crippen LogP contribution in [-0.4, -0.2) is 36.1 Å². The van der Waals surface area contributed by atoms with Crippen molar-refractivity contribution in [1.82, 2.24) is 4.57 Å². The second-order valence-electron chi connectivity index (χ2n) is 9.49. The molecule has 5 rings (SSSR count). The van der Waals surface area contributed by atoms with E-state index >= 15 is 0 Å². The van der Waals surface area contributed by atoms with Crippen molar-refractivity contribution in [3.05, 3.63) is 51.8 Å². The summed E-state index contributed by atoms with van der Waals surface area (Å²) in [5, 5.41) is 9.93. The summed E-state index contributed by atoms with van der Waals surface area (Å²) in [5.41, 5.74) is 4.33. The van der Waals surface area contributed by atoms with Gasteiger partial charge < -0.3 is 23.9 Å². The number of hydrogen-bond donors (Lipinski definition) is 1. The first-order valence-corrected chi connectivity index (χ1v) is 11.6. The molecule has 1 fully saturated rings. The van der Waals surface area contributed by atoms with Crippen molar-refractivity contribution in [3.8, 4) is 22.8 Å². The minimum atomic E-state index is -0.216. The molecule has 170 valence electrons. The Morgan fingerprint density at radius 1 is 1.28 bits per heavy atom. The van der Waals surface area contributed by atoms with Gasteiger partial charge in [0, 0.05) is 49.1 Å². The van der Waals surface area contributed by atoms with Gasteiger partial charge in [-0.15, -0.1) is 0 Å². The van der Waals surface area contributed by atoms with Crippen LogP contribution in [0.2, 0.25) is 0 Å². The first kappa shape index (κ1) is 21.1. The maximum atomic E-state index is 12.8. The number of benzene rings is 1. The second kappa shape index (κ2) is 8.32. The molecule has 0 amide bonds. The molecule has 0 bridgehead atoms. The molecule has 1 unspecified atom stereocenters. The van der Waals surface area contributed by atoms with E-state index in [9.17, 15) is 9.90 Å². The molecule has 0 spiro atoms. The van der Waals surface area contributed by atoms with E-state index in [1.54, 1.807) is 12.3 Å². The van der Waals surface area contributed by atoms with Gasteiger partial charge in [-0.3, -0.25) is 4.79 Å². The third-order valence-corrected chi connectivity index (χ3v) is 7.04. The molecule has 1 saturated heterocycles. The van der Waals surface area contributed by atoms with Crippen molar-refractivity contribution in [1.29, 1.82) is 0 Å². The summed E-state index contributed by atoms with van der Waals surface area (Å²) >= 11 is 0. The molecule has 0 radical (unpaired) electrons. The van der Waals surface area contributed by atoms with Gasteiger partial charge in [0.15, 0.2) is 16.9 Å². The molecule has 6 nitrogen and oxygen atoms in total. The van der Waals surface area contributed by atoms with Crippen LogP contribution in [0.25, 0.3) is 17.0 Å². The molecular formula is C26H31NO5. The normalized spacial score (nSPS) is 19.8. The van der Waals surface area contributed by atoms with Crippen LogP contribution in [0, 0.1) is 11.8 Å². The molecule has 1 aromatic carbocycles. The van der Waals surface area contributed by atoms with E-state index in [0.717, 1.165) is 67.2 Å². The van der Waals surface area contributed by atoms with Crippen LogP contribution in [0.3, 0.4) is 0 Å². The zero-order valence-corrected chi connectivity index (χ0v) is 18.9. The van der Waals surface area contributed by atoms with Crippen molar-refractivity contribution in [2.75, 3.05) is 26.4 Å². The van der Waals surface area contributed by atoms with E-state index in [1.165, 1.54) is 5.56 Å². The lowest BCUT2D eigenvalue weighted by Gasteiger charge is -2.34. The fraction of sp³-hybridized carbons (Fsp3) is 0.500. The number of rotatable bonds is 5. The molecule has 3 aliphatic heterocycles. The molecule has 2 aromatic rings. The van der Waals surface area contributed by atoms with Gasteiger partial charge in [-0.2, -0.15) is 0 Å². The molecule has 1 aromatic heterocycles. The summed E-state index contributed by atoms with van der Waals surface area (Å²) < 4.78 is 20.0. The lowest BCUT2D eigenvalue weighted by Crippen LogP contribution is -2.27. The first-order chi connectivity index (χ1) is 15.4. The minimum Gasteiger partial charge on any atom is -0.508 e. The quantitative estimate of drug-likeness (QED) is 0.696. The molecule has 1 atom stereocenters. The predicted molar refractivity (Wildman–Crippen MR) is 124 cm³/mol. The van der Waals surface area contributed by atoms with Gasteiger partial charge in [-0.1, -0.05) is 20.4 Å². The maximum absolute atomic E-state index is 12.8. The lowest BCUT2D eigenvalue weighted by atomic mass is 9.84. The smallest absolute Gasteiger partial charge is 0.193 e. The van der Waals surface area contributed by atoms with E-state index in [1.807, 2.05) is 0 Å². The summed E-state index contributed by atoms with van der Waals surface area (Å²) in [6.45, 7) is 10.8. The van der Waals surface area contributed by atoms with Gasteiger partial charge >= 0.3 is 0 Å². The average Bonchev–Trinajstić information content (AvgIpc) is 3.26. The number of hydrogen-bond acceptors (Lipinski definition) is 5. The Hall–Kier alpha value is -2.73. The predicted octanol–water partition coefficient (Wildman–Crippen LogP) is 4.54. The number of fused-ring (bicyclic) bond motifs is 5. The minimum absolute atomic E-state index is 0.167. The van der Waals surface area contributed by atoms with Gasteiger partial charge in [-0.05, 0) is 42.7 Å². The molecule has 6 heteroatoms. The number of nitrogens with zero attached hydrogens (tertiary/aromatic N) is 1. The number of aromatic nitrogens is 1. The molecule has 0 saturated carbocycles. The van der Waals surface area contributed by atoms with Crippen molar-refractivity contribution >= 4 is 5.76 Å². The van der Waals surface area contributed by atoms with Crippen LogP contribution in [0.15, 0.2) is 29.7 Å². The van der Waals surface area contributed by atoms with Crippen LogP contribution < -0.4 is 14.9 Å². The molecule has 4 heterocycles. The first-order valence-electron chi connectivity index (χ1n) is 11.6. The van der Waals surface area contributed by atoms with Crippen molar-refractivity contribution in [2.24, 2.45) is 11.8 Å². The topological polar surface area (TPSA) is 69.9 Å². The van der Waals surface area contributed by atoms with E-state index < -0.39 is 0 Å². The summed E-state index contributed by atoms with van der Waals surface area (Å²) in [6, 6.07) is 3.94. The van der Waals surface area contributed by atoms with Gasteiger partial charge in [-0.25, -0.2) is 0 Å². The van der Waals surface area contributed by atoms with Crippen LogP contribution in [0.5, 0.6) is 11.5 Å². The highest BCUT2D eigenvalue weighted by Gasteiger charge is 2.33. The van der Waals surface area contributed by atoms with Crippen molar-refractivity contribution in [2.45, 2.75) is 45.6 Å². The SMILES string of the molecule is C=C(O)c1cn2c(cc1=O)-c1c(cc(OCC3CCOCC3)c3c1CCO3)CC2C(C)C. The summed E-state index contributed by atoms with van der Waals surface area (Å²) in [6.07, 6.45) is 5.45. The van der Waals surface area contributed by atoms with Crippen LogP contribution in [0.4, 0.5) is 0 Å². The molecule has 32 heavy (non-hydrogen) atoms. The van der Waals surface area contributed by atoms with E-state index in [2.05, 4.69) is 31.1 Å². The number of aliphatic hydroxyl groups is 1. The zero-order chi connectivity index (χ0) is 22.4. The zero-order valence-electron chi connectivity index (χ0n) is 18.9. The summed E-state index contributed by atoms with van der Waals surface area (Å²) in [5.74, 6) is 2.30. The van der Waals surface area contributed by atoms with Crippen LogP contribution >= 0.6 is 0 Å². The molecule has 3 aliphatic rings. The van der Waals surface area contributed by atoms with Gasteiger partial charge in [0.05, 0.1) is 24.5 Å². The van der Waals surface area contributed by atoms with Gasteiger partial charge in [0.2, 0.25) is 0 Å². The molecule has 0 aliphatic carbocycles. The Labute approximate surface area is 188 Å². The fourth-order valence-corrected chi connectivity index (χ4v) is 5.23. The Balaban J connectivity index is 1.60. The Morgan fingerprint density at radius 2 is 2.06 bits per heavy atom. The van der Waals surface area contributed by atoms with Crippen molar-refractivity contribution in [3.63, 3.8) is 0 Å². The van der Waals surface area contributed by atoms with Crippen LogP contribution in [0.1, 0.15) is 49.4 Å². The summed E-state index contributed by atoms with van der Waals surface area (Å²) in [4.78, 5) is 12.8. The third kappa shape index (κ3) is 3.60. The Bertz CT molecular complexity index is 1110. The monoisotopic (exact) mass is 437 g/mol. The number of ether oxygens (including phenoxy) is 3. The van der Waals surface area contributed by atoms with Gasteiger partial charge in [0.25, 0.3) is 0 Å². The highest BCUT2D eigenvalue weighted by Crippen LogP contribution is 2.48. The van der Waals surface area contributed by atoms with Crippen molar-refractivity contribution < 1.29 is 19.3 Å². The Morgan fingerprint density at radius 3 is 2.78 bits per heavy atom. The third-order valence-electron chi connectivity index (χ3n) is 7.04. The molecular weight excluding hydrogens is 406 g/mol. The molecule has 1 N–H and O–H groups in total. The largest absolute Gasteiger partial charge is 0.508 e. The number of aliphatic hydroxyl groups excluding tert-OH is 1. The summed E-state index contributed by atoms with van der Waals surface area (Å²) in [7, 11) is 0. The van der Waals surface area contributed by atoms with E-state index in [-0.39, 0.29) is 22.8 Å².